The van der Waals surface area contributed by atoms with Gasteiger partial charge in [0, 0.05) is 0 Å². The van der Waals surface area contributed by atoms with Crippen molar-refractivity contribution in [2.45, 2.75) is 6.92 Å². The Balaban J connectivity index is 3.09. The fourth-order valence-electron chi connectivity index (χ4n) is 1.66. The SMILES string of the molecule is C=CCOC(=O)c1cc(C)c(OCC=C)c(OCC=C)c1. The van der Waals surface area contributed by atoms with Crippen LogP contribution in [0.5, 0.6) is 11.5 Å². The van der Waals surface area contributed by atoms with Gasteiger partial charge < -0.3 is 14.2 Å². The van der Waals surface area contributed by atoms with Crippen LogP contribution in [0, 0.1) is 6.92 Å². The molecule has 0 amide bonds. The summed E-state index contributed by atoms with van der Waals surface area (Å²) < 4.78 is 16.2. The molecule has 0 radical (unpaired) electrons. The maximum absolute atomic E-state index is 11.9. The largest absolute Gasteiger partial charge is 0.486 e. The zero-order chi connectivity index (χ0) is 15.7. The number of benzene rings is 1. The lowest BCUT2D eigenvalue weighted by atomic mass is 10.1. The third-order valence-corrected chi connectivity index (χ3v) is 2.51. The average molecular weight is 288 g/mol. The van der Waals surface area contributed by atoms with Gasteiger partial charge >= 0.3 is 5.97 Å². The Labute approximate surface area is 125 Å². The van der Waals surface area contributed by atoms with Crippen LogP contribution < -0.4 is 9.47 Å². The summed E-state index contributed by atoms with van der Waals surface area (Å²) in [5, 5.41) is 0. The molecule has 4 nitrogen and oxygen atoms in total. The second-order valence-corrected chi connectivity index (χ2v) is 4.21. The predicted octanol–water partition coefficient (Wildman–Crippen LogP) is 3.47. The summed E-state index contributed by atoms with van der Waals surface area (Å²) in [6.07, 6.45) is 4.78. The van der Waals surface area contributed by atoms with Crippen molar-refractivity contribution in [2.75, 3.05) is 19.8 Å². The molecule has 4 heteroatoms. The Morgan fingerprint density at radius 1 is 1.05 bits per heavy atom. The van der Waals surface area contributed by atoms with E-state index in [1.807, 2.05) is 6.92 Å². The lowest BCUT2D eigenvalue weighted by Crippen LogP contribution is -2.08. The summed E-state index contributed by atoms with van der Waals surface area (Å²) in [5.74, 6) is 0.621. The standard InChI is InChI=1S/C17H20O4/c1-5-8-19-15-12-14(17(18)21-10-7-3)11-13(4)16(15)20-9-6-2/h5-7,11-12H,1-3,8-10H2,4H3. The maximum Gasteiger partial charge on any atom is 0.338 e. The van der Waals surface area contributed by atoms with Gasteiger partial charge in [0.05, 0.1) is 5.56 Å². The zero-order valence-corrected chi connectivity index (χ0v) is 12.3. The molecule has 1 aromatic carbocycles. The molecule has 0 aliphatic carbocycles. The molecule has 0 aliphatic heterocycles. The van der Waals surface area contributed by atoms with Crippen LogP contribution >= 0.6 is 0 Å². The minimum Gasteiger partial charge on any atom is -0.486 e. The van der Waals surface area contributed by atoms with Crippen molar-refractivity contribution in [1.29, 1.82) is 0 Å². The van der Waals surface area contributed by atoms with Gasteiger partial charge in [0.25, 0.3) is 0 Å². The Hall–Kier alpha value is -2.49. The minimum atomic E-state index is -0.434. The van der Waals surface area contributed by atoms with E-state index in [0.717, 1.165) is 5.56 Å². The third-order valence-electron chi connectivity index (χ3n) is 2.51. The normalized spacial score (nSPS) is 9.57. The summed E-state index contributed by atoms with van der Waals surface area (Å²) in [4.78, 5) is 11.9. The van der Waals surface area contributed by atoms with E-state index in [9.17, 15) is 4.79 Å². The first-order valence-corrected chi connectivity index (χ1v) is 6.54. The topological polar surface area (TPSA) is 44.8 Å². The van der Waals surface area contributed by atoms with Crippen LogP contribution in [0.15, 0.2) is 50.1 Å². The highest BCUT2D eigenvalue weighted by atomic mass is 16.5. The van der Waals surface area contributed by atoms with Crippen LogP contribution in [0.1, 0.15) is 15.9 Å². The van der Waals surface area contributed by atoms with Gasteiger partial charge in [0.2, 0.25) is 0 Å². The maximum atomic E-state index is 11.9. The fraction of sp³-hybridized carbons (Fsp3) is 0.235. The van der Waals surface area contributed by atoms with E-state index < -0.39 is 5.97 Å². The van der Waals surface area contributed by atoms with Gasteiger partial charge in [-0.25, -0.2) is 4.79 Å². The van der Waals surface area contributed by atoms with E-state index in [2.05, 4.69) is 19.7 Å². The second kappa shape index (κ2) is 8.64. The van der Waals surface area contributed by atoms with Crippen LogP contribution in [0.3, 0.4) is 0 Å². The van der Waals surface area contributed by atoms with Gasteiger partial charge in [-0.05, 0) is 24.6 Å². The van der Waals surface area contributed by atoms with Crippen molar-refractivity contribution < 1.29 is 19.0 Å². The van der Waals surface area contributed by atoms with Crippen LogP contribution in [0.25, 0.3) is 0 Å². The van der Waals surface area contributed by atoms with Crippen LogP contribution in [0.4, 0.5) is 0 Å². The Bertz CT molecular complexity index is 532. The molecule has 0 atom stereocenters. The number of esters is 1. The van der Waals surface area contributed by atoms with Crippen molar-refractivity contribution in [3.8, 4) is 11.5 Å². The van der Waals surface area contributed by atoms with Crippen molar-refractivity contribution in [3.63, 3.8) is 0 Å². The number of aryl methyl sites for hydroxylation is 1. The van der Waals surface area contributed by atoms with Gasteiger partial charge in [0.15, 0.2) is 11.5 Å². The monoisotopic (exact) mass is 288 g/mol. The first-order valence-electron chi connectivity index (χ1n) is 6.54. The second-order valence-electron chi connectivity index (χ2n) is 4.21. The van der Waals surface area contributed by atoms with E-state index in [1.165, 1.54) is 6.08 Å². The Kier molecular flexibility index (Phi) is 6.81. The van der Waals surface area contributed by atoms with E-state index >= 15 is 0 Å². The summed E-state index contributed by atoms with van der Waals surface area (Å²) in [6, 6.07) is 3.30. The summed E-state index contributed by atoms with van der Waals surface area (Å²) in [6.45, 7) is 13.4. The molecule has 0 N–H and O–H groups in total. The van der Waals surface area contributed by atoms with Crippen LogP contribution in [-0.2, 0) is 4.74 Å². The Morgan fingerprint density at radius 3 is 2.29 bits per heavy atom. The highest BCUT2D eigenvalue weighted by molar-refractivity contribution is 5.90. The van der Waals surface area contributed by atoms with Crippen molar-refractivity contribution in [2.24, 2.45) is 0 Å². The molecule has 1 rings (SSSR count). The number of carbonyl (C=O) groups is 1. The molecule has 0 fully saturated rings. The number of rotatable bonds is 9. The molecule has 1 aromatic rings. The minimum absolute atomic E-state index is 0.162. The molecule has 0 heterocycles. The lowest BCUT2D eigenvalue weighted by molar-refractivity contribution is 0.0549. The highest BCUT2D eigenvalue weighted by Gasteiger charge is 2.15. The molecule has 0 spiro atoms. The number of carbonyl (C=O) groups excluding carboxylic acids is 1. The van der Waals surface area contributed by atoms with E-state index in [4.69, 9.17) is 14.2 Å². The number of hydrogen-bond acceptors (Lipinski definition) is 4. The van der Waals surface area contributed by atoms with Gasteiger partial charge in [-0.15, -0.1) is 0 Å². The molecule has 0 unspecified atom stereocenters. The molecule has 0 bridgehead atoms. The van der Waals surface area contributed by atoms with E-state index in [1.54, 1.807) is 24.3 Å². The smallest absolute Gasteiger partial charge is 0.338 e. The lowest BCUT2D eigenvalue weighted by Gasteiger charge is -2.15. The van der Waals surface area contributed by atoms with Crippen molar-refractivity contribution >= 4 is 5.97 Å². The van der Waals surface area contributed by atoms with Crippen LogP contribution in [0.2, 0.25) is 0 Å². The molecule has 112 valence electrons. The van der Waals surface area contributed by atoms with Crippen molar-refractivity contribution in [1.82, 2.24) is 0 Å². The van der Waals surface area contributed by atoms with E-state index in [-0.39, 0.29) is 6.61 Å². The van der Waals surface area contributed by atoms with Gasteiger partial charge in [-0.1, -0.05) is 38.0 Å². The average Bonchev–Trinajstić information content (AvgIpc) is 2.49. The highest BCUT2D eigenvalue weighted by Crippen LogP contribution is 2.33. The van der Waals surface area contributed by atoms with E-state index in [0.29, 0.717) is 30.3 Å². The summed E-state index contributed by atoms with van der Waals surface area (Å²) in [5.41, 5.74) is 1.18. The molecule has 0 aromatic heterocycles. The zero-order valence-electron chi connectivity index (χ0n) is 12.3. The molecule has 0 saturated heterocycles. The molecule has 21 heavy (non-hydrogen) atoms. The quantitative estimate of drug-likeness (QED) is 0.515. The van der Waals surface area contributed by atoms with Crippen LogP contribution in [-0.4, -0.2) is 25.8 Å². The van der Waals surface area contributed by atoms with Gasteiger partial charge in [-0.3, -0.25) is 0 Å². The number of ether oxygens (including phenoxy) is 3. The predicted molar refractivity (Wildman–Crippen MR) is 83.0 cm³/mol. The first kappa shape index (κ1) is 16.6. The molecular weight excluding hydrogens is 268 g/mol. The number of hydrogen-bond donors (Lipinski definition) is 0. The molecule has 0 aliphatic rings. The fourth-order valence-corrected chi connectivity index (χ4v) is 1.66. The third kappa shape index (κ3) is 4.84. The molecule has 0 saturated carbocycles. The summed E-state index contributed by atoms with van der Waals surface area (Å²) >= 11 is 0. The molecular formula is C17H20O4. The van der Waals surface area contributed by atoms with Gasteiger partial charge in [0.1, 0.15) is 19.8 Å². The Morgan fingerprint density at radius 2 is 1.67 bits per heavy atom. The van der Waals surface area contributed by atoms with Gasteiger partial charge in [-0.2, -0.15) is 0 Å². The summed E-state index contributed by atoms with van der Waals surface area (Å²) in [7, 11) is 0. The first-order chi connectivity index (χ1) is 10.1. The van der Waals surface area contributed by atoms with Crippen molar-refractivity contribution in [3.05, 3.63) is 61.2 Å².